The third kappa shape index (κ3) is 4.13. The SMILES string of the molecule is CCOc1ccc2nc(N3C(=O)C(O)=C(C(=O)c4cccs4)C3c3ccc(C(C)C)cc3)sc2c1. The van der Waals surface area contributed by atoms with E-state index < -0.39 is 17.7 Å². The van der Waals surface area contributed by atoms with Crippen molar-refractivity contribution in [2.45, 2.75) is 32.7 Å². The Labute approximate surface area is 211 Å². The van der Waals surface area contributed by atoms with Gasteiger partial charge in [0.2, 0.25) is 5.78 Å². The van der Waals surface area contributed by atoms with E-state index in [4.69, 9.17) is 4.74 Å². The number of rotatable bonds is 7. The maximum absolute atomic E-state index is 13.5. The standard InChI is InChI=1S/C27H24N2O4S2/c1-4-33-18-11-12-19-21(14-18)35-27(28-19)29-23(17-9-7-16(8-10-17)15(2)3)22(25(31)26(29)32)24(30)20-6-5-13-34-20/h5-15,23,31H,4H2,1-3H3. The molecule has 8 heteroatoms. The van der Waals surface area contributed by atoms with Gasteiger partial charge < -0.3 is 9.84 Å². The van der Waals surface area contributed by atoms with Gasteiger partial charge in [-0.1, -0.05) is 55.5 Å². The minimum Gasteiger partial charge on any atom is -0.503 e. The van der Waals surface area contributed by atoms with Crippen LogP contribution in [0.15, 0.2) is 71.3 Å². The third-order valence-corrected chi connectivity index (χ3v) is 7.87. The number of amides is 1. The fraction of sp³-hybridized carbons (Fsp3) is 0.222. The molecular formula is C27H24N2O4S2. The Kier molecular flexibility index (Phi) is 6.17. The van der Waals surface area contributed by atoms with Gasteiger partial charge in [0.1, 0.15) is 5.75 Å². The van der Waals surface area contributed by atoms with Crippen LogP contribution in [0.4, 0.5) is 5.13 Å². The number of ketones is 1. The van der Waals surface area contributed by atoms with Crippen molar-refractivity contribution >= 4 is 49.7 Å². The molecule has 1 aliphatic rings. The molecule has 0 radical (unpaired) electrons. The van der Waals surface area contributed by atoms with Gasteiger partial charge in [-0.3, -0.25) is 14.5 Å². The number of Topliss-reactive ketones (excluding diaryl/α,β-unsaturated/α-hetero) is 1. The van der Waals surface area contributed by atoms with E-state index in [-0.39, 0.29) is 11.4 Å². The highest BCUT2D eigenvalue weighted by Gasteiger charge is 2.46. The number of anilines is 1. The summed E-state index contributed by atoms with van der Waals surface area (Å²) in [6.07, 6.45) is 0. The number of aliphatic hydroxyl groups is 1. The molecule has 0 fully saturated rings. The molecule has 0 saturated heterocycles. The quantitative estimate of drug-likeness (QED) is 0.285. The lowest BCUT2D eigenvalue weighted by Gasteiger charge is -2.24. The normalized spacial score (nSPS) is 16.1. The smallest absolute Gasteiger partial charge is 0.296 e. The molecule has 1 N–H and O–H groups in total. The van der Waals surface area contributed by atoms with Gasteiger partial charge in [0.05, 0.1) is 33.3 Å². The summed E-state index contributed by atoms with van der Waals surface area (Å²) in [7, 11) is 0. The summed E-state index contributed by atoms with van der Waals surface area (Å²) in [5.74, 6) is -0.461. The van der Waals surface area contributed by atoms with Crippen LogP contribution in [-0.2, 0) is 4.79 Å². The summed E-state index contributed by atoms with van der Waals surface area (Å²) in [5.41, 5.74) is 2.67. The highest BCUT2D eigenvalue weighted by atomic mass is 32.1. The number of ether oxygens (including phenoxy) is 1. The van der Waals surface area contributed by atoms with Gasteiger partial charge in [-0.2, -0.15) is 0 Å². The second-order valence-electron chi connectivity index (χ2n) is 8.53. The molecule has 1 aliphatic heterocycles. The van der Waals surface area contributed by atoms with Crippen LogP contribution in [0.2, 0.25) is 0 Å². The van der Waals surface area contributed by atoms with Crippen molar-refractivity contribution in [1.82, 2.24) is 4.98 Å². The van der Waals surface area contributed by atoms with Crippen LogP contribution in [0.25, 0.3) is 10.2 Å². The highest BCUT2D eigenvalue weighted by molar-refractivity contribution is 7.22. The summed E-state index contributed by atoms with van der Waals surface area (Å²) >= 11 is 2.61. The number of carbonyl (C=O) groups excluding carboxylic acids is 2. The first-order valence-electron chi connectivity index (χ1n) is 11.4. The maximum atomic E-state index is 13.5. The molecular weight excluding hydrogens is 480 g/mol. The topological polar surface area (TPSA) is 79.7 Å². The van der Waals surface area contributed by atoms with E-state index in [1.54, 1.807) is 17.5 Å². The van der Waals surface area contributed by atoms with Gasteiger partial charge in [0.15, 0.2) is 10.9 Å². The number of fused-ring (bicyclic) bond motifs is 1. The first-order chi connectivity index (χ1) is 16.9. The number of carbonyl (C=O) groups is 2. The van der Waals surface area contributed by atoms with E-state index in [9.17, 15) is 14.7 Å². The molecule has 5 rings (SSSR count). The Morgan fingerprint density at radius 2 is 1.94 bits per heavy atom. The van der Waals surface area contributed by atoms with Crippen molar-refractivity contribution in [1.29, 1.82) is 0 Å². The van der Waals surface area contributed by atoms with Crippen molar-refractivity contribution in [2.75, 3.05) is 11.5 Å². The second kappa shape index (κ2) is 9.28. The van der Waals surface area contributed by atoms with Crippen molar-refractivity contribution in [2.24, 2.45) is 0 Å². The Balaban J connectivity index is 1.64. The molecule has 1 unspecified atom stereocenters. The molecule has 2 aromatic heterocycles. The monoisotopic (exact) mass is 504 g/mol. The zero-order chi connectivity index (χ0) is 24.7. The second-order valence-corrected chi connectivity index (χ2v) is 10.5. The van der Waals surface area contributed by atoms with Crippen LogP contribution in [-0.4, -0.2) is 28.4 Å². The largest absolute Gasteiger partial charge is 0.503 e. The van der Waals surface area contributed by atoms with Crippen LogP contribution in [0.1, 0.15) is 53.5 Å². The zero-order valence-electron chi connectivity index (χ0n) is 19.5. The van der Waals surface area contributed by atoms with Gasteiger partial charge in [-0.05, 0) is 53.6 Å². The van der Waals surface area contributed by atoms with E-state index in [0.29, 0.717) is 28.1 Å². The van der Waals surface area contributed by atoms with Gasteiger partial charge in [0, 0.05) is 0 Å². The van der Waals surface area contributed by atoms with E-state index in [1.807, 2.05) is 49.4 Å². The summed E-state index contributed by atoms with van der Waals surface area (Å²) in [6, 6.07) is 16.1. The molecule has 6 nitrogen and oxygen atoms in total. The molecule has 178 valence electrons. The van der Waals surface area contributed by atoms with Crippen LogP contribution < -0.4 is 9.64 Å². The Morgan fingerprint density at radius 1 is 1.17 bits per heavy atom. The highest BCUT2D eigenvalue weighted by Crippen LogP contribution is 2.45. The molecule has 0 aliphatic carbocycles. The van der Waals surface area contributed by atoms with Crippen molar-refractivity contribution in [3.05, 3.63) is 87.3 Å². The van der Waals surface area contributed by atoms with Crippen LogP contribution in [0, 0.1) is 0 Å². The average Bonchev–Trinajstić information content (AvgIpc) is 3.58. The number of nitrogens with zero attached hydrogens (tertiary/aromatic N) is 2. The molecule has 0 spiro atoms. The fourth-order valence-electron chi connectivity index (χ4n) is 4.21. The molecule has 35 heavy (non-hydrogen) atoms. The number of benzene rings is 2. The number of thiophene rings is 1. The van der Waals surface area contributed by atoms with E-state index in [1.165, 1.54) is 27.6 Å². The first kappa shape index (κ1) is 23.3. The first-order valence-corrected chi connectivity index (χ1v) is 13.1. The van der Waals surface area contributed by atoms with Gasteiger partial charge in [-0.25, -0.2) is 4.98 Å². The van der Waals surface area contributed by atoms with Gasteiger partial charge in [-0.15, -0.1) is 11.3 Å². The molecule has 1 atom stereocenters. The van der Waals surface area contributed by atoms with Crippen molar-refractivity contribution in [3.8, 4) is 5.75 Å². The predicted octanol–water partition coefficient (Wildman–Crippen LogP) is 6.66. The zero-order valence-corrected chi connectivity index (χ0v) is 21.2. The Bertz CT molecular complexity index is 1440. The van der Waals surface area contributed by atoms with E-state index >= 15 is 0 Å². The van der Waals surface area contributed by atoms with Gasteiger partial charge >= 0.3 is 0 Å². The number of aromatic nitrogens is 1. The third-order valence-electron chi connectivity index (χ3n) is 5.98. The fourth-order valence-corrected chi connectivity index (χ4v) is 5.90. The molecule has 4 aromatic rings. The van der Waals surface area contributed by atoms with Crippen LogP contribution in [0.5, 0.6) is 5.75 Å². The number of aliphatic hydroxyl groups excluding tert-OH is 1. The summed E-state index contributed by atoms with van der Waals surface area (Å²) in [6.45, 7) is 6.67. The summed E-state index contributed by atoms with van der Waals surface area (Å²) in [4.78, 5) is 33.5. The molecule has 2 aromatic carbocycles. The Hall–Kier alpha value is -3.49. The van der Waals surface area contributed by atoms with Crippen LogP contribution >= 0.6 is 22.7 Å². The van der Waals surface area contributed by atoms with Crippen molar-refractivity contribution in [3.63, 3.8) is 0 Å². The molecule has 0 saturated carbocycles. The number of hydrogen-bond donors (Lipinski definition) is 1. The minimum absolute atomic E-state index is 0.0732. The molecule has 0 bridgehead atoms. The van der Waals surface area contributed by atoms with Crippen molar-refractivity contribution < 1.29 is 19.4 Å². The summed E-state index contributed by atoms with van der Waals surface area (Å²) < 4.78 is 6.46. The molecule has 3 heterocycles. The maximum Gasteiger partial charge on any atom is 0.296 e. The average molecular weight is 505 g/mol. The lowest BCUT2D eigenvalue weighted by atomic mass is 9.93. The van der Waals surface area contributed by atoms with Gasteiger partial charge in [0.25, 0.3) is 5.91 Å². The Morgan fingerprint density at radius 3 is 2.60 bits per heavy atom. The number of thiazole rings is 1. The summed E-state index contributed by atoms with van der Waals surface area (Å²) in [5, 5.41) is 13.2. The number of hydrogen-bond acceptors (Lipinski definition) is 7. The lowest BCUT2D eigenvalue weighted by molar-refractivity contribution is -0.117. The predicted molar refractivity (Wildman–Crippen MR) is 140 cm³/mol. The van der Waals surface area contributed by atoms with E-state index in [2.05, 4.69) is 18.8 Å². The molecule has 1 amide bonds. The minimum atomic E-state index is -0.787. The lowest BCUT2D eigenvalue weighted by Crippen LogP contribution is -2.30. The van der Waals surface area contributed by atoms with Crippen LogP contribution in [0.3, 0.4) is 0 Å². The van der Waals surface area contributed by atoms with E-state index in [0.717, 1.165) is 21.6 Å².